The quantitative estimate of drug-likeness (QED) is 0.0106. The second-order valence-electron chi connectivity index (χ2n) is 15.5. The molecule has 27 heteroatoms. The van der Waals surface area contributed by atoms with Gasteiger partial charge in [0.1, 0.15) is 5.84 Å². The maximum absolute atomic E-state index is 14.0. The molecule has 0 unspecified atom stereocenters. The number of halogens is 4. The Morgan fingerprint density at radius 1 is 0.720 bits per heavy atom. The number of hydroxylamine groups is 2. The average Bonchev–Trinajstić information content (AvgIpc) is 3.55. The summed E-state index contributed by atoms with van der Waals surface area (Å²) in [5, 5.41) is 12.5. The van der Waals surface area contributed by atoms with Gasteiger partial charge in [0, 0.05) is 48.6 Å². The highest BCUT2D eigenvalue weighted by Crippen LogP contribution is 2.33. The normalized spacial score (nSPS) is 12.8. The number of ether oxygens (including phenoxy) is 11. The van der Waals surface area contributed by atoms with Crippen LogP contribution in [-0.2, 0) is 71.9 Å². The van der Waals surface area contributed by atoms with Crippen LogP contribution in [0.3, 0.4) is 0 Å². The third kappa shape index (κ3) is 25.1. The van der Waals surface area contributed by atoms with E-state index in [9.17, 15) is 35.6 Å². The molecule has 1 amide bonds. The third-order valence-corrected chi connectivity index (χ3v) is 10.7. The van der Waals surface area contributed by atoms with Crippen LogP contribution < -0.4 is 15.8 Å². The minimum Gasteiger partial charge on any atom is -0.420 e. The zero-order chi connectivity index (χ0) is 54.7. The Bertz CT molecular complexity index is 2230. The van der Waals surface area contributed by atoms with Crippen molar-refractivity contribution in [3.63, 3.8) is 0 Å². The van der Waals surface area contributed by atoms with Gasteiger partial charge in [0.05, 0.1) is 151 Å². The fraction of sp³-hybridized carbons (Fsp3) is 0.583. The van der Waals surface area contributed by atoms with E-state index in [1.165, 1.54) is 11.3 Å². The van der Waals surface area contributed by atoms with Gasteiger partial charge in [-0.1, -0.05) is 19.1 Å². The van der Waals surface area contributed by atoms with Crippen molar-refractivity contribution in [2.24, 2.45) is 10.7 Å². The Morgan fingerprint density at radius 2 is 1.17 bits per heavy atom. The number of amides is 1. The molecule has 0 aliphatic carbocycles. The van der Waals surface area contributed by atoms with Crippen LogP contribution >= 0.6 is 0 Å². The molecule has 0 bridgehead atoms. The molecule has 2 aromatic carbocycles. The van der Waals surface area contributed by atoms with Gasteiger partial charge in [0.25, 0.3) is 5.91 Å². The lowest BCUT2D eigenvalue weighted by Crippen LogP contribution is -2.34. The number of nitrogens with two attached hydrogens (primary N) is 1. The first-order valence-corrected chi connectivity index (χ1v) is 25.6. The number of fused-ring (bicyclic) bond motifs is 1. The highest BCUT2D eigenvalue weighted by Gasteiger charge is 2.34. The van der Waals surface area contributed by atoms with Crippen LogP contribution in [0.1, 0.15) is 44.2 Å². The summed E-state index contributed by atoms with van der Waals surface area (Å²) < 4.78 is 145. The number of carbonyl (C=O) groups is 2. The van der Waals surface area contributed by atoms with E-state index < -0.39 is 56.4 Å². The number of carbonyl (C=O) groups excluding carboxylic acids is 2. The summed E-state index contributed by atoms with van der Waals surface area (Å²) in [6.45, 7) is 11.4. The van der Waals surface area contributed by atoms with Gasteiger partial charge >= 0.3 is 16.1 Å². The first-order valence-electron chi connectivity index (χ1n) is 24.1. The zero-order valence-corrected chi connectivity index (χ0v) is 43.0. The van der Waals surface area contributed by atoms with E-state index >= 15 is 0 Å². The maximum Gasteiger partial charge on any atom is 0.313 e. The van der Waals surface area contributed by atoms with Gasteiger partial charge in [-0.25, -0.2) is 18.8 Å². The third-order valence-electron chi connectivity index (χ3n) is 9.80. The maximum atomic E-state index is 14.0. The van der Waals surface area contributed by atoms with Crippen LogP contribution in [0, 0.1) is 28.7 Å². The smallest absolute Gasteiger partial charge is 0.313 e. The number of nitrogens with zero attached hydrogens (tertiary/aromatic N) is 2. The number of aliphatic imine (C=N–C) groups is 1. The summed E-state index contributed by atoms with van der Waals surface area (Å²) in [4.78, 5) is 32.8. The molecule has 0 saturated carbocycles. The first-order chi connectivity index (χ1) is 36.2. The molecule has 0 radical (unpaired) electrons. The Labute approximate surface area is 433 Å². The van der Waals surface area contributed by atoms with Crippen molar-refractivity contribution >= 4 is 51.4 Å². The van der Waals surface area contributed by atoms with E-state index in [-0.39, 0.29) is 45.4 Å². The molecule has 0 fully saturated rings. The Hall–Kier alpha value is -5.01. The number of benzene rings is 2. The number of esters is 1. The molecular formula is C48H69F4N5O17S. The lowest BCUT2D eigenvalue weighted by molar-refractivity contribution is -0.180. The Morgan fingerprint density at radius 3 is 1.60 bits per heavy atom. The van der Waals surface area contributed by atoms with Gasteiger partial charge in [0.15, 0.2) is 16.5 Å². The average molecular weight is 1100 g/mol. The molecule has 1 heterocycles. The monoisotopic (exact) mass is 1100 g/mol. The lowest BCUT2D eigenvalue weighted by Gasteiger charge is -2.21. The molecular weight excluding hydrogens is 1030 g/mol. The van der Waals surface area contributed by atoms with Gasteiger partial charge in [0.2, 0.25) is 17.4 Å². The summed E-state index contributed by atoms with van der Waals surface area (Å²) in [6, 6.07) is 5.57. The van der Waals surface area contributed by atoms with Crippen molar-refractivity contribution in [3.8, 4) is 5.75 Å². The summed E-state index contributed by atoms with van der Waals surface area (Å²) in [5.41, 5.74) is 9.46. The fourth-order valence-electron chi connectivity index (χ4n) is 6.28. The molecule has 422 valence electrons. The standard InChI is InChI=1S/C48H69F4N5O17S/c1-3-9-57(73-4-2)48(59)37-30-36-6-5-35(31-39(36)56-40(54)32-37)38(33-53)34-55-8-11-64-13-15-66-17-19-68-21-23-70-25-27-72-29-28-71-26-24-69-22-20-67-18-16-65-14-12-63-10-7-41(58)74-46-42(49)44(51)47(75(60,61)62)45(52)43(46)50/h5-6,30-31,33-34,53,55H,3-4,7-29,32H2,1-2H3,(H2,54,56)(H,60,61,62)/b38-34+,53-33?. The van der Waals surface area contributed by atoms with Crippen LogP contribution in [0.2, 0.25) is 0 Å². The molecule has 0 saturated heterocycles. The van der Waals surface area contributed by atoms with Crippen molar-refractivity contribution in [2.45, 2.75) is 38.0 Å². The molecule has 1 aliphatic rings. The molecule has 0 spiro atoms. The number of amidine groups is 1. The van der Waals surface area contributed by atoms with Gasteiger partial charge < -0.3 is 68.6 Å². The predicted octanol–water partition coefficient (Wildman–Crippen LogP) is 4.20. The minimum atomic E-state index is -5.65. The molecule has 3 rings (SSSR count). The Kier molecular flexibility index (Phi) is 32.3. The second-order valence-corrected chi connectivity index (χ2v) is 16.8. The van der Waals surface area contributed by atoms with Gasteiger partial charge in [-0.05, 0) is 31.1 Å². The van der Waals surface area contributed by atoms with E-state index in [0.717, 1.165) is 17.5 Å². The molecule has 22 nitrogen and oxygen atoms in total. The van der Waals surface area contributed by atoms with Gasteiger partial charge in [-0.15, -0.1) is 0 Å². The number of hydrogen-bond acceptors (Lipinski definition) is 20. The highest BCUT2D eigenvalue weighted by atomic mass is 32.2. The first kappa shape index (κ1) is 64.3. The van der Waals surface area contributed by atoms with Crippen LogP contribution in [-0.4, -0.2) is 194 Å². The fourth-order valence-corrected chi connectivity index (χ4v) is 6.91. The minimum absolute atomic E-state index is 0.0191. The Balaban J connectivity index is 1.04. The summed E-state index contributed by atoms with van der Waals surface area (Å²) >= 11 is 0. The summed E-state index contributed by atoms with van der Waals surface area (Å²) in [5.74, 6) is -12.6. The zero-order valence-electron chi connectivity index (χ0n) is 42.2. The number of rotatable bonds is 43. The summed E-state index contributed by atoms with van der Waals surface area (Å²) in [6.07, 6.45) is 5.15. The molecule has 1 aliphatic heterocycles. The van der Waals surface area contributed by atoms with Crippen LogP contribution in [0.4, 0.5) is 23.2 Å². The number of allylic oxidation sites excluding steroid dienone is 1. The van der Waals surface area contributed by atoms with E-state index in [4.69, 9.17) is 67.9 Å². The number of nitrogens with one attached hydrogen (secondary N) is 2. The van der Waals surface area contributed by atoms with Crippen LogP contribution in [0.15, 0.2) is 39.9 Å². The lowest BCUT2D eigenvalue weighted by atomic mass is 10.0. The molecule has 2 aromatic rings. The second kappa shape index (κ2) is 37.7. The van der Waals surface area contributed by atoms with E-state index in [0.29, 0.717) is 141 Å². The van der Waals surface area contributed by atoms with E-state index in [2.05, 4.69) is 15.0 Å². The van der Waals surface area contributed by atoms with Gasteiger partial charge in [-0.2, -0.15) is 17.2 Å². The number of hydrogen-bond donors (Lipinski definition) is 4. The van der Waals surface area contributed by atoms with Crippen molar-refractivity contribution < 1.29 is 97.1 Å². The topological polar surface area (TPSA) is 277 Å². The van der Waals surface area contributed by atoms with Crippen LogP contribution in [0.25, 0.3) is 11.6 Å². The van der Waals surface area contributed by atoms with Crippen LogP contribution in [0.5, 0.6) is 5.75 Å². The molecule has 5 N–H and O–H groups in total. The van der Waals surface area contributed by atoms with Crippen molar-refractivity contribution in [1.82, 2.24) is 10.4 Å². The van der Waals surface area contributed by atoms with Crippen molar-refractivity contribution in [2.75, 3.05) is 152 Å². The highest BCUT2D eigenvalue weighted by molar-refractivity contribution is 7.85. The molecule has 75 heavy (non-hydrogen) atoms. The SMILES string of the molecule is CCCN(OCC)C(=O)C1=Cc2ccc(/C(C=N)=C/NCCOCCOCCOCCOCCOCCOCCOCCOCCOCCOCCC(=O)Oc3c(F)c(F)c(S(=O)(=O)O)c(F)c3F)cc2N=C(N)C1. The molecule has 0 atom stereocenters. The van der Waals surface area contributed by atoms with E-state index in [1.54, 1.807) is 12.3 Å². The van der Waals surface area contributed by atoms with Crippen molar-refractivity contribution in [3.05, 3.63) is 64.4 Å². The predicted molar refractivity (Wildman–Crippen MR) is 263 cm³/mol. The summed E-state index contributed by atoms with van der Waals surface area (Å²) in [7, 11) is -5.65. The molecule has 0 aromatic heterocycles. The van der Waals surface area contributed by atoms with Gasteiger partial charge in [-0.3, -0.25) is 19.0 Å². The van der Waals surface area contributed by atoms with E-state index in [1.807, 2.05) is 32.0 Å². The van der Waals surface area contributed by atoms with Crippen molar-refractivity contribution in [1.29, 1.82) is 5.41 Å². The largest absolute Gasteiger partial charge is 0.420 e.